The van der Waals surface area contributed by atoms with Gasteiger partial charge in [-0.3, -0.25) is 4.79 Å². The van der Waals surface area contributed by atoms with Crippen LogP contribution in [0.25, 0.3) is 0 Å². The zero-order valence-corrected chi connectivity index (χ0v) is 9.25. The molecule has 2 rings (SSSR count). The molecule has 2 N–H and O–H groups in total. The third-order valence-corrected chi connectivity index (χ3v) is 3.06. The van der Waals surface area contributed by atoms with Crippen molar-refractivity contribution in [3.05, 3.63) is 22.7 Å². The molecule has 0 spiro atoms. The number of carbonyl (C=O) groups excluding carboxylic acids is 1. The number of nitrogens with two attached hydrogens (primary N) is 1. The van der Waals surface area contributed by atoms with E-state index in [1.807, 2.05) is 18.2 Å². The molecule has 4 heteroatoms. The summed E-state index contributed by atoms with van der Waals surface area (Å²) in [5, 5.41) is 0. The van der Waals surface area contributed by atoms with Crippen molar-refractivity contribution in [1.29, 1.82) is 0 Å². The molecule has 3 nitrogen and oxygen atoms in total. The Morgan fingerprint density at radius 1 is 1.43 bits per heavy atom. The Balaban J connectivity index is 2.32. The van der Waals surface area contributed by atoms with Gasteiger partial charge in [-0.15, -0.1) is 0 Å². The van der Waals surface area contributed by atoms with Crippen molar-refractivity contribution in [3.63, 3.8) is 0 Å². The van der Waals surface area contributed by atoms with Gasteiger partial charge in [-0.2, -0.15) is 0 Å². The third kappa shape index (κ3) is 1.62. The number of amides is 1. The second-order valence-corrected chi connectivity index (χ2v) is 4.21. The smallest absolute Gasteiger partial charge is 0.227 e. The average Bonchev–Trinajstić information content (AvgIpc) is 2.57. The largest absolute Gasteiger partial charge is 0.398 e. The third-order valence-electron chi connectivity index (χ3n) is 2.37. The highest BCUT2D eigenvalue weighted by Gasteiger charge is 2.21. The average molecular weight is 255 g/mol. The lowest BCUT2D eigenvalue weighted by Gasteiger charge is -2.16. The number of nitrogen functional groups attached to an aromatic ring is 1. The molecule has 0 bridgehead atoms. The molecule has 0 radical (unpaired) electrons. The van der Waals surface area contributed by atoms with E-state index in [1.165, 1.54) is 0 Å². The number of anilines is 2. The van der Waals surface area contributed by atoms with Crippen LogP contribution in [0, 0.1) is 0 Å². The summed E-state index contributed by atoms with van der Waals surface area (Å²) >= 11 is 3.35. The monoisotopic (exact) mass is 254 g/mol. The zero-order chi connectivity index (χ0) is 10.1. The normalized spacial score (nSPS) is 16.4. The van der Waals surface area contributed by atoms with Gasteiger partial charge in [0, 0.05) is 28.8 Å². The van der Waals surface area contributed by atoms with Gasteiger partial charge in [0.15, 0.2) is 0 Å². The molecule has 74 valence electrons. The number of hydrogen-bond donors (Lipinski definition) is 1. The van der Waals surface area contributed by atoms with E-state index in [0.29, 0.717) is 12.1 Å². The first-order valence-electron chi connectivity index (χ1n) is 4.54. The van der Waals surface area contributed by atoms with Crippen LogP contribution in [0.4, 0.5) is 11.4 Å². The maximum Gasteiger partial charge on any atom is 0.227 e. The number of hydrogen-bond acceptors (Lipinski definition) is 2. The fourth-order valence-electron chi connectivity index (χ4n) is 1.61. The summed E-state index contributed by atoms with van der Waals surface area (Å²) < 4.78 is 0.842. The Hall–Kier alpha value is -1.03. The number of nitrogens with zero attached hydrogens (tertiary/aromatic N) is 1. The van der Waals surface area contributed by atoms with Crippen LogP contribution in [0.1, 0.15) is 12.8 Å². The first-order chi connectivity index (χ1) is 6.68. The van der Waals surface area contributed by atoms with Gasteiger partial charge in [-0.1, -0.05) is 0 Å². The van der Waals surface area contributed by atoms with Gasteiger partial charge in [0.1, 0.15) is 0 Å². The lowest BCUT2D eigenvalue weighted by atomic mass is 10.2. The van der Waals surface area contributed by atoms with Gasteiger partial charge >= 0.3 is 0 Å². The van der Waals surface area contributed by atoms with Crippen molar-refractivity contribution in [2.24, 2.45) is 0 Å². The molecule has 14 heavy (non-hydrogen) atoms. The predicted octanol–water partition coefficient (Wildman–Crippen LogP) is 2.16. The molecule has 1 heterocycles. The maximum atomic E-state index is 11.5. The van der Waals surface area contributed by atoms with E-state index in [0.717, 1.165) is 23.1 Å². The summed E-state index contributed by atoms with van der Waals surface area (Å²) in [7, 11) is 0. The Morgan fingerprint density at radius 3 is 2.79 bits per heavy atom. The van der Waals surface area contributed by atoms with Crippen LogP contribution in [-0.4, -0.2) is 12.5 Å². The van der Waals surface area contributed by atoms with Crippen molar-refractivity contribution in [2.75, 3.05) is 17.2 Å². The fourth-order valence-corrected chi connectivity index (χ4v) is 1.97. The lowest BCUT2D eigenvalue weighted by Crippen LogP contribution is -2.23. The number of carbonyl (C=O) groups is 1. The van der Waals surface area contributed by atoms with Crippen LogP contribution < -0.4 is 10.6 Å². The van der Waals surface area contributed by atoms with Gasteiger partial charge in [0.2, 0.25) is 5.91 Å². The topological polar surface area (TPSA) is 46.3 Å². The highest BCUT2D eigenvalue weighted by atomic mass is 79.9. The van der Waals surface area contributed by atoms with Crippen molar-refractivity contribution < 1.29 is 4.79 Å². The molecule has 0 aliphatic carbocycles. The molecule has 1 aromatic carbocycles. The van der Waals surface area contributed by atoms with E-state index in [2.05, 4.69) is 15.9 Å². The summed E-state index contributed by atoms with van der Waals surface area (Å²) in [6.45, 7) is 0.815. The second kappa shape index (κ2) is 3.61. The van der Waals surface area contributed by atoms with Crippen molar-refractivity contribution in [2.45, 2.75) is 12.8 Å². The summed E-state index contributed by atoms with van der Waals surface area (Å²) in [5.74, 6) is 0.196. The van der Waals surface area contributed by atoms with E-state index in [9.17, 15) is 4.79 Å². The predicted molar refractivity (Wildman–Crippen MR) is 60.1 cm³/mol. The van der Waals surface area contributed by atoms with Crippen LogP contribution in [0.2, 0.25) is 0 Å². The minimum atomic E-state index is 0.196. The molecule has 0 aromatic heterocycles. The van der Waals surface area contributed by atoms with Crippen LogP contribution in [0.15, 0.2) is 22.7 Å². The second-order valence-electron chi connectivity index (χ2n) is 3.35. The minimum absolute atomic E-state index is 0.196. The van der Waals surface area contributed by atoms with Crippen LogP contribution >= 0.6 is 15.9 Å². The number of benzene rings is 1. The van der Waals surface area contributed by atoms with E-state index in [-0.39, 0.29) is 5.91 Å². The van der Waals surface area contributed by atoms with Crippen LogP contribution in [0.3, 0.4) is 0 Å². The van der Waals surface area contributed by atoms with E-state index in [4.69, 9.17) is 5.73 Å². The summed E-state index contributed by atoms with van der Waals surface area (Å²) in [6, 6.07) is 5.58. The van der Waals surface area contributed by atoms with Gasteiger partial charge in [0.05, 0.1) is 0 Å². The Morgan fingerprint density at radius 2 is 2.21 bits per heavy atom. The Bertz CT molecular complexity index is 378. The van der Waals surface area contributed by atoms with Crippen molar-refractivity contribution >= 4 is 33.2 Å². The van der Waals surface area contributed by atoms with Crippen molar-refractivity contribution in [1.82, 2.24) is 0 Å². The van der Waals surface area contributed by atoms with Gasteiger partial charge in [-0.05, 0) is 40.5 Å². The summed E-state index contributed by atoms with van der Waals surface area (Å²) in [5.41, 5.74) is 7.29. The molecule has 0 atom stereocenters. The number of halogens is 1. The lowest BCUT2D eigenvalue weighted by molar-refractivity contribution is -0.117. The SMILES string of the molecule is Nc1ccc(N2CCCC2=O)cc1Br. The Kier molecular flexibility index (Phi) is 2.46. The molecule has 1 aliphatic heterocycles. The van der Waals surface area contributed by atoms with Gasteiger partial charge < -0.3 is 10.6 Å². The molecular formula is C10H11BrN2O. The number of rotatable bonds is 1. The fraction of sp³-hybridized carbons (Fsp3) is 0.300. The zero-order valence-electron chi connectivity index (χ0n) is 7.66. The molecule has 0 saturated carbocycles. The molecule has 0 unspecified atom stereocenters. The highest BCUT2D eigenvalue weighted by Crippen LogP contribution is 2.28. The van der Waals surface area contributed by atoms with Crippen LogP contribution in [-0.2, 0) is 4.79 Å². The molecular weight excluding hydrogens is 244 g/mol. The van der Waals surface area contributed by atoms with Crippen molar-refractivity contribution in [3.8, 4) is 0 Å². The van der Waals surface area contributed by atoms with E-state index >= 15 is 0 Å². The standard InChI is InChI=1S/C10H11BrN2O/c11-8-6-7(3-4-9(8)12)13-5-1-2-10(13)14/h3-4,6H,1-2,5,12H2. The van der Waals surface area contributed by atoms with Gasteiger partial charge in [0.25, 0.3) is 0 Å². The maximum absolute atomic E-state index is 11.5. The molecule has 1 aliphatic rings. The summed E-state index contributed by atoms with van der Waals surface area (Å²) in [6.07, 6.45) is 1.60. The molecule has 1 fully saturated rings. The van der Waals surface area contributed by atoms with Crippen LogP contribution in [0.5, 0.6) is 0 Å². The van der Waals surface area contributed by atoms with E-state index < -0.39 is 0 Å². The minimum Gasteiger partial charge on any atom is -0.398 e. The summed E-state index contributed by atoms with van der Waals surface area (Å²) in [4.78, 5) is 13.2. The van der Waals surface area contributed by atoms with E-state index in [1.54, 1.807) is 4.90 Å². The molecule has 1 aromatic rings. The molecule has 1 saturated heterocycles. The van der Waals surface area contributed by atoms with Gasteiger partial charge in [-0.25, -0.2) is 0 Å². The first-order valence-corrected chi connectivity index (χ1v) is 5.33. The Labute approximate surface area is 91.0 Å². The molecule has 1 amide bonds. The highest BCUT2D eigenvalue weighted by molar-refractivity contribution is 9.10. The first kappa shape index (κ1) is 9.52. The quantitative estimate of drug-likeness (QED) is 0.781.